The van der Waals surface area contributed by atoms with E-state index in [-0.39, 0.29) is 0 Å². The van der Waals surface area contributed by atoms with Crippen molar-refractivity contribution in [2.75, 3.05) is 20.1 Å². The highest BCUT2D eigenvalue weighted by Gasteiger charge is 2.32. The van der Waals surface area contributed by atoms with Crippen LogP contribution in [0.5, 0.6) is 0 Å². The van der Waals surface area contributed by atoms with Crippen molar-refractivity contribution < 1.29 is 0 Å². The molecule has 1 saturated carbocycles. The van der Waals surface area contributed by atoms with Gasteiger partial charge < -0.3 is 5.32 Å². The Morgan fingerprint density at radius 2 is 1.79 bits per heavy atom. The molecule has 2 aliphatic rings. The van der Waals surface area contributed by atoms with Gasteiger partial charge >= 0.3 is 0 Å². The Hall–Kier alpha value is -0.0800. The molecule has 2 rings (SSSR count). The summed E-state index contributed by atoms with van der Waals surface area (Å²) in [6.45, 7) is 5.07. The SMILES string of the molecule is CN[C@H]1CCC[C@@H]1N1CCC(C)CC1. The summed E-state index contributed by atoms with van der Waals surface area (Å²) in [5, 5.41) is 3.48. The van der Waals surface area contributed by atoms with Crippen molar-refractivity contribution in [3.8, 4) is 0 Å². The number of hydrogen-bond donors (Lipinski definition) is 1. The highest BCUT2D eigenvalue weighted by Crippen LogP contribution is 2.27. The largest absolute Gasteiger partial charge is 0.315 e. The molecule has 0 unspecified atom stereocenters. The van der Waals surface area contributed by atoms with Gasteiger partial charge in [-0.05, 0) is 51.7 Å². The lowest BCUT2D eigenvalue weighted by Crippen LogP contribution is -2.48. The lowest BCUT2D eigenvalue weighted by Gasteiger charge is -2.37. The highest BCUT2D eigenvalue weighted by atomic mass is 15.2. The number of nitrogens with one attached hydrogen (secondary N) is 1. The zero-order chi connectivity index (χ0) is 9.97. The van der Waals surface area contributed by atoms with Gasteiger partial charge in [-0.2, -0.15) is 0 Å². The molecule has 1 saturated heterocycles. The van der Waals surface area contributed by atoms with Crippen molar-refractivity contribution in [1.82, 2.24) is 10.2 Å². The van der Waals surface area contributed by atoms with Gasteiger partial charge in [0.25, 0.3) is 0 Å². The standard InChI is InChI=1S/C12H24N2/c1-10-6-8-14(9-7-10)12-5-3-4-11(12)13-2/h10-13H,3-9H2,1-2H3/t11-,12-/m0/s1. The van der Waals surface area contributed by atoms with Crippen molar-refractivity contribution in [1.29, 1.82) is 0 Å². The average molecular weight is 196 g/mol. The van der Waals surface area contributed by atoms with E-state index in [0.717, 1.165) is 18.0 Å². The predicted molar refractivity (Wildman–Crippen MR) is 60.5 cm³/mol. The minimum Gasteiger partial charge on any atom is -0.315 e. The normalized spacial score (nSPS) is 36.4. The lowest BCUT2D eigenvalue weighted by molar-refractivity contribution is 0.124. The van der Waals surface area contributed by atoms with Crippen LogP contribution >= 0.6 is 0 Å². The highest BCUT2D eigenvalue weighted by molar-refractivity contribution is 4.90. The zero-order valence-corrected chi connectivity index (χ0v) is 9.63. The fraction of sp³-hybridized carbons (Fsp3) is 1.00. The van der Waals surface area contributed by atoms with Crippen molar-refractivity contribution in [3.05, 3.63) is 0 Å². The fourth-order valence-corrected chi connectivity index (χ4v) is 3.07. The molecule has 1 aliphatic carbocycles. The summed E-state index contributed by atoms with van der Waals surface area (Å²) >= 11 is 0. The van der Waals surface area contributed by atoms with Crippen LogP contribution < -0.4 is 5.32 Å². The van der Waals surface area contributed by atoms with Crippen LogP contribution in [0.2, 0.25) is 0 Å². The maximum Gasteiger partial charge on any atom is 0.0249 e. The molecule has 0 aromatic heterocycles. The van der Waals surface area contributed by atoms with Crippen LogP contribution in [-0.4, -0.2) is 37.1 Å². The van der Waals surface area contributed by atoms with Crippen LogP contribution in [0.1, 0.15) is 39.0 Å². The Balaban J connectivity index is 1.88. The van der Waals surface area contributed by atoms with Crippen LogP contribution in [0.3, 0.4) is 0 Å². The number of likely N-dealkylation sites (tertiary alicyclic amines) is 1. The minimum atomic E-state index is 0.767. The molecule has 2 fully saturated rings. The lowest BCUT2D eigenvalue weighted by atomic mass is 9.97. The molecule has 1 heterocycles. The van der Waals surface area contributed by atoms with E-state index >= 15 is 0 Å². The topological polar surface area (TPSA) is 15.3 Å². The van der Waals surface area contributed by atoms with Gasteiger partial charge in [0.15, 0.2) is 0 Å². The Morgan fingerprint density at radius 1 is 1.07 bits per heavy atom. The quantitative estimate of drug-likeness (QED) is 0.725. The Bertz CT molecular complexity index is 173. The molecule has 2 nitrogen and oxygen atoms in total. The molecule has 0 aromatic carbocycles. The molecule has 0 spiro atoms. The van der Waals surface area contributed by atoms with E-state index in [1.165, 1.54) is 45.2 Å². The summed E-state index contributed by atoms with van der Waals surface area (Å²) in [4.78, 5) is 2.73. The monoisotopic (exact) mass is 196 g/mol. The molecule has 0 bridgehead atoms. The molecule has 1 aliphatic heterocycles. The second kappa shape index (κ2) is 4.63. The molecule has 1 N–H and O–H groups in total. The van der Waals surface area contributed by atoms with E-state index in [1.807, 2.05) is 0 Å². The van der Waals surface area contributed by atoms with Crippen molar-refractivity contribution in [2.24, 2.45) is 5.92 Å². The van der Waals surface area contributed by atoms with Crippen LogP contribution in [0, 0.1) is 5.92 Å². The third-order valence-electron chi connectivity index (χ3n) is 4.14. The van der Waals surface area contributed by atoms with E-state index in [0.29, 0.717) is 0 Å². The van der Waals surface area contributed by atoms with Gasteiger partial charge in [0.05, 0.1) is 0 Å². The van der Waals surface area contributed by atoms with Crippen LogP contribution in [0.15, 0.2) is 0 Å². The van der Waals surface area contributed by atoms with Gasteiger partial charge in [-0.1, -0.05) is 13.3 Å². The van der Waals surface area contributed by atoms with Gasteiger partial charge in [-0.25, -0.2) is 0 Å². The molecule has 14 heavy (non-hydrogen) atoms. The van der Waals surface area contributed by atoms with Gasteiger partial charge in [0, 0.05) is 12.1 Å². The smallest absolute Gasteiger partial charge is 0.0249 e. The number of nitrogens with zero attached hydrogens (tertiary/aromatic N) is 1. The molecule has 2 atom stereocenters. The van der Waals surface area contributed by atoms with E-state index in [1.54, 1.807) is 0 Å². The van der Waals surface area contributed by atoms with Gasteiger partial charge in [0.1, 0.15) is 0 Å². The van der Waals surface area contributed by atoms with Crippen LogP contribution in [-0.2, 0) is 0 Å². The summed E-state index contributed by atoms with van der Waals surface area (Å²) < 4.78 is 0. The number of hydrogen-bond acceptors (Lipinski definition) is 2. The zero-order valence-electron chi connectivity index (χ0n) is 9.63. The molecule has 0 amide bonds. The number of rotatable bonds is 2. The van der Waals surface area contributed by atoms with Gasteiger partial charge in [-0.15, -0.1) is 0 Å². The first-order valence-electron chi connectivity index (χ1n) is 6.22. The minimum absolute atomic E-state index is 0.767. The van der Waals surface area contributed by atoms with E-state index in [9.17, 15) is 0 Å². The molecule has 0 radical (unpaired) electrons. The first kappa shape index (κ1) is 10.4. The average Bonchev–Trinajstić information content (AvgIpc) is 2.67. The van der Waals surface area contributed by atoms with E-state index in [2.05, 4.69) is 24.2 Å². The Labute approximate surface area is 88.1 Å². The molecular formula is C12H24N2. The van der Waals surface area contributed by atoms with E-state index < -0.39 is 0 Å². The molecule has 82 valence electrons. The third-order valence-corrected chi connectivity index (χ3v) is 4.14. The Kier molecular flexibility index (Phi) is 3.45. The second-order valence-corrected chi connectivity index (χ2v) is 5.11. The van der Waals surface area contributed by atoms with Crippen molar-refractivity contribution in [3.63, 3.8) is 0 Å². The first-order valence-corrected chi connectivity index (χ1v) is 6.22. The maximum atomic E-state index is 3.48. The van der Waals surface area contributed by atoms with Crippen molar-refractivity contribution in [2.45, 2.75) is 51.1 Å². The number of piperidine rings is 1. The first-order chi connectivity index (χ1) is 6.81. The maximum absolute atomic E-state index is 3.48. The third kappa shape index (κ3) is 2.12. The summed E-state index contributed by atoms with van der Waals surface area (Å²) in [6.07, 6.45) is 7.04. The van der Waals surface area contributed by atoms with Gasteiger partial charge in [-0.3, -0.25) is 4.90 Å². The summed E-state index contributed by atoms with van der Waals surface area (Å²) in [5.41, 5.74) is 0. The van der Waals surface area contributed by atoms with Crippen molar-refractivity contribution >= 4 is 0 Å². The Morgan fingerprint density at radius 3 is 2.43 bits per heavy atom. The van der Waals surface area contributed by atoms with Crippen LogP contribution in [0.4, 0.5) is 0 Å². The molecule has 0 aromatic rings. The van der Waals surface area contributed by atoms with E-state index in [4.69, 9.17) is 0 Å². The summed E-state index contributed by atoms with van der Waals surface area (Å²) in [5.74, 6) is 0.959. The van der Waals surface area contributed by atoms with Gasteiger partial charge in [0.2, 0.25) is 0 Å². The van der Waals surface area contributed by atoms with Crippen LogP contribution in [0.25, 0.3) is 0 Å². The fourth-order valence-electron chi connectivity index (χ4n) is 3.07. The summed E-state index contributed by atoms with van der Waals surface area (Å²) in [6, 6.07) is 1.61. The second-order valence-electron chi connectivity index (χ2n) is 5.11. The molecule has 2 heteroatoms. The molecular weight excluding hydrogens is 172 g/mol. The summed E-state index contributed by atoms with van der Waals surface area (Å²) in [7, 11) is 2.12. The predicted octanol–water partition coefficient (Wildman–Crippen LogP) is 1.86. The number of likely N-dealkylation sites (N-methyl/N-ethyl adjacent to an activating group) is 1.